The molecule has 21 heavy (non-hydrogen) atoms. The molecule has 0 radical (unpaired) electrons. The fourth-order valence-electron chi connectivity index (χ4n) is 2.40. The highest BCUT2D eigenvalue weighted by Crippen LogP contribution is 2.39. The summed E-state index contributed by atoms with van der Waals surface area (Å²) in [5, 5.41) is 20.3. The molecule has 2 N–H and O–H groups in total. The van der Waals surface area contributed by atoms with Gasteiger partial charge in [-0.2, -0.15) is 0 Å². The third-order valence-corrected chi connectivity index (χ3v) is 4.14. The minimum absolute atomic E-state index is 0.198. The second kappa shape index (κ2) is 5.10. The summed E-state index contributed by atoms with van der Waals surface area (Å²) in [6.07, 6.45) is 1.86. The number of Topliss-reactive ketones (excluding diaryl/α,β-unsaturated/α-hetero) is 1. The van der Waals surface area contributed by atoms with E-state index >= 15 is 0 Å². The van der Waals surface area contributed by atoms with Crippen molar-refractivity contribution in [3.8, 4) is 11.5 Å². The number of hydrogen-bond acceptors (Lipinski definition) is 3. The SMILES string of the molecule is O=C1C(=Cc2c(Cl)cccc2Cl)Cc2c1ccc(O)c2O. The Morgan fingerprint density at radius 2 is 1.71 bits per heavy atom. The van der Waals surface area contributed by atoms with E-state index in [-0.39, 0.29) is 23.7 Å². The summed E-state index contributed by atoms with van der Waals surface area (Å²) in [5.74, 6) is -0.690. The number of carbonyl (C=O) groups is 1. The number of hydrogen-bond donors (Lipinski definition) is 2. The molecule has 0 aliphatic heterocycles. The van der Waals surface area contributed by atoms with E-state index in [2.05, 4.69) is 0 Å². The van der Waals surface area contributed by atoms with E-state index in [0.29, 0.717) is 32.3 Å². The molecular formula is C16H10Cl2O3. The van der Waals surface area contributed by atoms with Crippen molar-refractivity contribution in [1.82, 2.24) is 0 Å². The molecule has 1 aliphatic carbocycles. The van der Waals surface area contributed by atoms with Crippen molar-refractivity contribution >= 4 is 35.1 Å². The van der Waals surface area contributed by atoms with Crippen LogP contribution in [0.2, 0.25) is 10.0 Å². The van der Waals surface area contributed by atoms with E-state index in [4.69, 9.17) is 23.2 Å². The van der Waals surface area contributed by atoms with Crippen LogP contribution in [0.1, 0.15) is 21.5 Å². The number of phenols is 2. The summed E-state index contributed by atoms with van der Waals surface area (Å²) in [4.78, 5) is 12.3. The predicted molar refractivity (Wildman–Crippen MR) is 82.2 cm³/mol. The Hall–Kier alpha value is -1.97. The molecule has 0 bridgehead atoms. The summed E-state index contributed by atoms with van der Waals surface area (Å²) in [6, 6.07) is 7.91. The van der Waals surface area contributed by atoms with E-state index in [1.165, 1.54) is 12.1 Å². The first-order valence-electron chi connectivity index (χ1n) is 6.22. The van der Waals surface area contributed by atoms with Gasteiger partial charge in [-0.3, -0.25) is 4.79 Å². The van der Waals surface area contributed by atoms with Crippen LogP contribution >= 0.6 is 23.2 Å². The van der Waals surface area contributed by atoms with Gasteiger partial charge in [0.25, 0.3) is 0 Å². The molecule has 0 saturated carbocycles. The van der Waals surface area contributed by atoms with Crippen molar-refractivity contribution < 1.29 is 15.0 Å². The first-order chi connectivity index (χ1) is 9.99. The maximum Gasteiger partial charge on any atom is 0.189 e. The lowest BCUT2D eigenvalue weighted by molar-refractivity contribution is 0.104. The number of fused-ring (bicyclic) bond motifs is 1. The second-order valence-corrected chi connectivity index (χ2v) is 5.58. The third-order valence-electron chi connectivity index (χ3n) is 3.48. The van der Waals surface area contributed by atoms with Gasteiger partial charge in [0.1, 0.15) is 0 Å². The highest BCUT2D eigenvalue weighted by atomic mass is 35.5. The van der Waals surface area contributed by atoms with Crippen LogP contribution in [-0.4, -0.2) is 16.0 Å². The summed E-state index contributed by atoms with van der Waals surface area (Å²) >= 11 is 12.2. The van der Waals surface area contributed by atoms with Crippen molar-refractivity contribution in [1.29, 1.82) is 0 Å². The maximum atomic E-state index is 12.3. The standard InChI is InChI=1S/C16H10Cl2O3/c17-12-2-1-3-13(18)11(12)7-8-6-10-9(15(8)20)4-5-14(19)16(10)21/h1-5,7,19,21H,6H2. The van der Waals surface area contributed by atoms with E-state index in [9.17, 15) is 15.0 Å². The zero-order chi connectivity index (χ0) is 15.1. The quantitative estimate of drug-likeness (QED) is 0.610. The minimum atomic E-state index is -0.255. The Morgan fingerprint density at radius 3 is 2.38 bits per heavy atom. The molecule has 0 aromatic heterocycles. The van der Waals surface area contributed by atoms with Gasteiger partial charge < -0.3 is 10.2 Å². The molecule has 106 valence electrons. The lowest BCUT2D eigenvalue weighted by atomic mass is 10.1. The zero-order valence-electron chi connectivity index (χ0n) is 10.7. The van der Waals surface area contributed by atoms with E-state index in [1.807, 2.05) is 0 Å². The smallest absolute Gasteiger partial charge is 0.189 e. The van der Waals surface area contributed by atoms with Crippen molar-refractivity contribution in [3.63, 3.8) is 0 Å². The highest BCUT2D eigenvalue weighted by Gasteiger charge is 2.28. The van der Waals surface area contributed by atoms with Crippen LogP contribution in [0.4, 0.5) is 0 Å². The van der Waals surface area contributed by atoms with Crippen LogP contribution in [0.25, 0.3) is 6.08 Å². The van der Waals surface area contributed by atoms with Gasteiger partial charge in [0.15, 0.2) is 17.3 Å². The molecule has 3 nitrogen and oxygen atoms in total. The number of aromatic hydroxyl groups is 2. The first-order valence-corrected chi connectivity index (χ1v) is 6.97. The Morgan fingerprint density at radius 1 is 1.05 bits per heavy atom. The summed E-state index contributed by atoms with van der Waals surface area (Å²) in [6.45, 7) is 0. The molecule has 5 heteroatoms. The molecule has 3 rings (SSSR count). The molecule has 0 unspecified atom stereocenters. The number of carbonyl (C=O) groups excluding carboxylic acids is 1. The van der Waals surface area contributed by atoms with Gasteiger partial charge in [-0.1, -0.05) is 29.3 Å². The van der Waals surface area contributed by atoms with E-state index in [0.717, 1.165) is 0 Å². The molecule has 0 fully saturated rings. The summed E-state index contributed by atoms with van der Waals surface area (Å²) < 4.78 is 0. The zero-order valence-corrected chi connectivity index (χ0v) is 12.2. The molecule has 2 aromatic rings. The predicted octanol–water partition coefficient (Wildman–Crippen LogP) is 4.23. The first kappa shape index (κ1) is 14.0. The van der Waals surface area contributed by atoms with Crippen LogP contribution in [0.15, 0.2) is 35.9 Å². The van der Waals surface area contributed by atoms with Crippen molar-refractivity contribution in [2.45, 2.75) is 6.42 Å². The fourth-order valence-corrected chi connectivity index (χ4v) is 2.91. The van der Waals surface area contributed by atoms with Gasteiger partial charge in [-0.25, -0.2) is 0 Å². The summed E-state index contributed by atoms with van der Waals surface area (Å²) in [5.41, 5.74) is 1.86. The van der Waals surface area contributed by atoms with Crippen molar-refractivity contribution in [2.24, 2.45) is 0 Å². The molecule has 0 heterocycles. The Kier molecular flexibility index (Phi) is 3.40. The second-order valence-electron chi connectivity index (χ2n) is 4.77. The number of ketones is 1. The molecule has 0 amide bonds. The number of halogens is 2. The van der Waals surface area contributed by atoms with Crippen LogP contribution in [0, 0.1) is 0 Å². The summed E-state index contributed by atoms with van der Waals surface area (Å²) in [7, 11) is 0. The third kappa shape index (κ3) is 2.28. The average molecular weight is 321 g/mol. The van der Waals surface area contributed by atoms with Gasteiger partial charge in [0.2, 0.25) is 0 Å². The van der Waals surface area contributed by atoms with Gasteiger partial charge in [0.05, 0.1) is 0 Å². The Bertz CT molecular complexity index is 774. The van der Waals surface area contributed by atoms with Crippen LogP contribution in [0.5, 0.6) is 11.5 Å². The lowest BCUT2D eigenvalue weighted by Gasteiger charge is -2.03. The monoisotopic (exact) mass is 320 g/mol. The topological polar surface area (TPSA) is 57.5 Å². The van der Waals surface area contributed by atoms with Crippen LogP contribution in [-0.2, 0) is 6.42 Å². The normalized spacial score (nSPS) is 15.5. The average Bonchev–Trinajstić information content (AvgIpc) is 2.76. The van der Waals surface area contributed by atoms with Gasteiger partial charge in [0, 0.05) is 38.7 Å². The van der Waals surface area contributed by atoms with Crippen LogP contribution < -0.4 is 0 Å². The van der Waals surface area contributed by atoms with Crippen molar-refractivity contribution in [2.75, 3.05) is 0 Å². The van der Waals surface area contributed by atoms with Gasteiger partial charge >= 0.3 is 0 Å². The minimum Gasteiger partial charge on any atom is -0.504 e. The largest absolute Gasteiger partial charge is 0.504 e. The Balaban J connectivity index is 2.10. The maximum absolute atomic E-state index is 12.3. The van der Waals surface area contributed by atoms with Gasteiger partial charge in [-0.15, -0.1) is 0 Å². The molecule has 1 aliphatic rings. The van der Waals surface area contributed by atoms with E-state index < -0.39 is 0 Å². The number of allylic oxidation sites excluding steroid dienone is 1. The van der Waals surface area contributed by atoms with Crippen LogP contribution in [0.3, 0.4) is 0 Å². The van der Waals surface area contributed by atoms with E-state index in [1.54, 1.807) is 24.3 Å². The fraction of sp³-hybridized carbons (Fsp3) is 0.0625. The number of rotatable bonds is 1. The highest BCUT2D eigenvalue weighted by molar-refractivity contribution is 6.37. The molecule has 2 aromatic carbocycles. The number of benzene rings is 2. The Labute approximate surface area is 131 Å². The lowest BCUT2D eigenvalue weighted by Crippen LogP contribution is -1.95. The molecule has 0 saturated heterocycles. The number of phenolic OH excluding ortho intramolecular Hbond substituents is 2. The molecular weight excluding hydrogens is 311 g/mol. The van der Waals surface area contributed by atoms with Crippen molar-refractivity contribution in [3.05, 3.63) is 62.6 Å². The molecule has 0 atom stereocenters. The molecule has 0 spiro atoms. The van der Waals surface area contributed by atoms with Gasteiger partial charge in [-0.05, 0) is 30.3 Å².